The first-order chi connectivity index (χ1) is 12.6. The average molecular weight is 368 g/mol. The van der Waals surface area contributed by atoms with Crippen LogP contribution in [0.1, 0.15) is 40.7 Å². The Morgan fingerprint density at radius 2 is 2.00 bits per heavy atom. The normalized spacial score (nSPS) is 12.1. The van der Waals surface area contributed by atoms with Crippen molar-refractivity contribution >= 4 is 17.2 Å². The first kappa shape index (κ1) is 18.4. The lowest BCUT2D eigenvalue weighted by molar-refractivity contribution is -0.121. The maximum Gasteiger partial charge on any atom is 0.220 e. The Labute approximate surface area is 158 Å². The van der Waals surface area contributed by atoms with Crippen LogP contribution in [0.15, 0.2) is 53.9 Å². The van der Waals surface area contributed by atoms with Crippen LogP contribution in [0.5, 0.6) is 0 Å². The molecule has 0 saturated carbocycles. The zero-order chi connectivity index (χ0) is 18.4. The molecule has 1 atom stereocenters. The molecule has 0 fully saturated rings. The van der Waals surface area contributed by atoms with Crippen LogP contribution in [-0.2, 0) is 11.2 Å². The summed E-state index contributed by atoms with van der Waals surface area (Å²) in [5, 5.41) is 9.78. The third kappa shape index (κ3) is 4.82. The molecule has 1 unspecified atom stereocenters. The van der Waals surface area contributed by atoms with Gasteiger partial charge in [0, 0.05) is 23.5 Å². The number of hydrogen-bond donors (Lipinski definition) is 1. The molecule has 1 amide bonds. The molecule has 0 spiro atoms. The molecule has 0 bridgehead atoms. The molecule has 26 heavy (non-hydrogen) atoms. The van der Waals surface area contributed by atoms with Gasteiger partial charge in [0.05, 0.1) is 5.69 Å². The standard InChI is InChI=1S/C21H25N3OS/c1-16-14-17(2)24(23-16)19(20-11-7-13-26-20)15-22-21(25)12-6-10-18-8-4-3-5-9-18/h3-5,7-9,11,13-14,19H,6,10,12,15H2,1-2H3,(H,22,25). The summed E-state index contributed by atoms with van der Waals surface area (Å²) in [6.07, 6.45) is 2.34. The van der Waals surface area contributed by atoms with Crippen LogP contribution >= 0.6 is 11.3 Å². The van der Waals surface area contributed by atoms with Crippen molar-refractivity contribution < 1.29 is 4.79 Å². The van der Waals surface area contributed by atoms with Crippen molar-refractivity contribution in [2.45, 2.75) is 39.2 Å². The monoisotopic (exact) mass is 367 g/mol. The second-order valence-electron chi connectivity index (χ2n) is 6.55. The number of nitrogens with one attached hydrogen (secondary N) is 1. The highest BCUT2D eigenvalue weighted by molar-refractivity contribution is 7.10. The Morgan fingerprint density at radius 1 is 1.19 bits per heavy atom. The van der Waals surface area contributed by atoms with E-state index in [0.717, 1.165) is 24.2 Å². The topological polar surface area (TPSA) is 46.9 Å². The SMILES string of the molecule is Cc1cc(C)n(C(CNC(=O)CCCc2ccccc2)c2cccs2)n1. The van der Waals surface area contributed by atoms with Crippen LogP contribution in [0.2, 0.25) is 0 Å². The predicted molar refractivity (Wildman–Crippen MR) is 107 cm³/mol. The highest BCUT2D eigenvalue weighted by atomic mass is 32.1. The van der Waals surface area contributed by atoms with E-state index in [0.29, 0.717) is 13.0 Å². The molecule has 3 rings (SSSR count). The van der Waals surface area contributed by atoms with Gasteiger partial charge < -0.3 is 5.32 Å². The van der Waals surface area contributed by atoms with Gasteiger partial charge in [0.15, 0.2) is 0 Å². The maximum atomic E-state index is 12.3. The number of thiophene rings is 1. The van der Waals surface area contributed by atoms with Crippen LogP contribution in [0.25, 0.3) is 0 Å². The van der Waals surface area contributed by atoms with E-state index >= 15 is 0 Å². The number of benzene rings is 1. The van der Waals surface area contributed by atoms with Crippen LogP contribution in [0, 0.1) is 13.8 Å². The third-order valence-corrected chi connectivity index (χ3v) is 5.39. The van der Waals surface area contributed by atoms with Gasteiger partial charge in [-0.1, -0.05) is 36.4 Å². The fourth-order valence-corrected chi connectivity index (χ4v) is 3.96. The van der Waals surface area contributed by atoms with Crippen LogP contribution in [0.4, 0.5) is 0 Å². The molecule has 0 aliphatic heterocycles. The van der Waals surface area contributed by atoms with Crippen molar-refractivity contribution in [3.8, 4) is 0 Å². The van der Waals surface area contributed by atoms with Gasteiger partial charge in [-0.3, -0.25) is 9.48 Å². The maximum absolute atomic E-state index is 12.3. The fraction of sp³-hybridized carbons (Fsp3) is 0.333. The van der Waals surface area contributed by atoms with Crippen molar-refractivity contribution in [1.29, 1.82) is 0 Å². The van der Waals surface area contributed by atoms with Crippen molar-refractivity contribution in [1.82, 2.24) is 15.1 Å². The second-order valence-corrected chi connectivity index (χ2v) is 7.53. The van der Waals surface area contributed by atoms with E-state index in [9.17, 15) is 4.79 Å². The second kappa shape index (κ2) is 8.81. The molecule has 2 heterocycles. The number of nitrogens with zero attached hydrogens (tertiary/aromatic N) is 2. The number of rotatable bonds is 8. The minimum atomic E-state index is 0.0433. The van der Waals surface area contributed by atoms with Crippen LogP contribution in [0.3, 0.4) is 0 Å². The molecule has 0 aliphatic carbocycles. The number of aromatic nitrogens is 2. The van der Waals surface area contributed by atoms with Crippen molar-refractivity contribution in [3.63, 3.8) is 0 Å². The lowest BCUT2D eigenvalue weighted by Crippen LogP contribution is -2.31. The Balaban J connectivity index is 1.56. The largest absolute Gasteiger partial charge is 0.354 e. The first-order valence-electron chi connectivity index (χ1n) is 9.00. The van der Waals surface area contributed by atoms with E-state index in [2.05, 4.69) is 47.0 Å². The minimum absolute atomic E-state index is 0.0433. The quantitative estimate of drug-likeness (QED) is 0.645. The van der Waals surface area contributed by atoms with Crippen molar-refractivity contribution in [3.05, 3.63) is 75.7 Å². The zero-order valence-electron chi connectivity index (χ0n) is 15.3. The molecular formula is C21H25N3OS. The Hall–Kier alpha value is -2.40. The molecule has 2 aromatic heterocycles. The highest BCUT2D eigenvalue weighted by Gasteiger charge is 2.19. The summed E-state index contributed by atoms with van der Waals surface area (Å²) in [5.74, 6) is 0.101. The van der Waals surface area contributed by atoms with E-state index in [1.54, 1.807) is 11.3 Å². The number of aryl methyl sites for hydroxylation is 3. The number of carbonyl (C=O) groups excluding carboxylic acids is 1. The summed E-state index contributed by atoms with van der Waals surface area (Å²) in [6.45, 7) is 4.62. The van der Waals surface area contributed by atoms with Crippen LogP contribution in [-0.4, -0.2) is 22.2 Å². The van der Waals surface area contributed by atoms with E-state index in [1.165, 1.54) is 10.4 Å². The zero-order valence-corrected chi connectivity index (χ0v) is 16.1. The fourth-order valence-electron chi connectivity index (χ4n) is 3.15. The third-order valence-electron chi connectivity index (χ3n) is 4.42. The summed E-state index contributed by atoms with van der Waals surface area (Å²) in [6, 6.07) is 16.6. The van der Waals surface area contributed by atoms with Gasteiger partial charge in [0.2, 0.25) is 5.91 Å². The Bertz CT molecular complexity index is 824. The summed E-state index contributed by atoms with van der Waals surface area (Å²) in [7, 11) is 0. The molecule has 136 valence electrons. The summed E-state index contributed by atoms with van der Waals surface area (Å²) >= 11 is 1.70. The first-order valence-corrected chi connectivity index (χ1v) is 9.88. The van der Waals surface area contributed by atoms with E-state index < -0.39 is 0 Å². The van der Waals surface area contributed by atoms with Gasteiger partial charge in [-0.15, -0.1) is 11.3 Å². The predicted octanol–water partition coefficient (Wildman–Crippen LogP) is 4.29. The van der Waals surface area contributed by atoms with Crippen molar-refractivity contribution in [2.24, 2.45) is 0 Å². The molecule has 1 N–H and O–H groups in total. The summed E-state index contributed by atoms with van der Waals surface area (Å²) in [5.41, 5.74) is 3.39. The molecule has 4 nitrogen and oxygen atoms in total. The van der Waals surface area contributed by atoms with Crippen molar-refractivity contribution in [2.75, 3.05) is 6.54 Å². The molecule has 1 aromatic carbocycles. The molecular weight excluding hydrogens is 342 g/mol. The van der Waals surface area contributed by atoms with Gasteiger partial charge in [0.1, 0.15) is 6.04 Å². The number of carbonyl (C=O) groups is 1. The summed E-state index contributed by atoms with van der Waals surface area (Å²) in [4.78, 5) is 13.5. The van der Waals surface area contributed by atoms with Gasteiger partial charge in [-0.2, -0.15) is 5.10 Å². The molecule has 0 aliphatic rings. The smallest absolute Gasteiger partial charge is 0.220 e. The average Bonchev–Trinajstić information content (AvgIpc) is 3.26. The lowest BCUT2D eigenvalue weighted by Gasteiger charge is -2.19. The number of amides is 1. The Morgan fingerprint density at radius 3 is 2.65 bits per heavy atom. The van der Waals surface area contributed by atoms with Gasteiger partial charge in [0.25, 0.3) is 0 Å². The van der Waals surface area contributed by atoms with E-state index in [-0.39, 0.29) is 11.9 Å². The molecule has 5 heteroatoms. The number of hydrogen-bond acceptors (Lipinski definition) is 3. The van der Waals surface area contributed by atoms with Gasteiger partial charge >= 0.3 is 0 Å². The van der Waals surface area contributed by atoms with Gasteiger partial charge in [-0.05, 0) is 49.8 Å². The molecule has 0 saturated heterocycles. The van der Waals surface area contributed by atoms with Gasteiger partial charge in [-0.25, -0.2) is 0 Å². The lowest BCUT2D eigenvalue weighted by atomic mass is 10.1. The summed E-state index contributed by atoms with van der Waals surface area (Å²) < 4.78 is 2.02. The van der Waals surface area contributed by atoms with Crippen LogP contribution < -0.4 is 5.32 Å². The van der Waals surface area contributed by atoms with E-state index in [1.807, 2.05) is 35.9 Å². The minimum Gasteiger partial charge on any atom is -0.354 e. The molecule has 3 aromatic rings. The Kier molecular flexibility index (Phi) is 6.23. The highest BCUT2D eigenvalue weighted by Crippen LogP contribution is 2.24. The molecule has 0 radical (unpaired) electrons. The van der Waals surface area contributed by atoms with E-state index in [4.69, 9.17) is 0 Å².